The van der Waals surface area contributed by atoms with E-state index >= 15 is 0 Å². The van der Waals surface area contributed by atoms with Gasteiger partial charge in [-0.1, -0.05) is 18.7 Å². The van der Waals surface area contributed by atoms with Crippen molar-refractivity contribution in [1.82, 2.24) is 0 Å². The first-order valence-corrected chi connectivity index (χ1v) is 5.77. The summed E-state index contributed by atoms with van der Waals surface area (Å²) in [5, 5.41) is 0. The molecule has 0 unspecified atom stereocenters. The Morgan fingerprint density at radius 1 is 0.952 bits per heavy atom. The summed E-state index contributed by atoms with van der Waals surface area (Å²) in [4.78, 5) is 0. The van der Waals surface area contributed by atoms with Crippen molar-refractivity contribution in [2.45, 2.75) is 6.36 Å². The van der Waals surface area contributed by atoms with Gasteiger partial charge in [0.25, 0.3) is 0 Å². The lowest BCUT2D eigenvalue weighted by atomic mass is 10.0. The molecule has 6 heteroatoms. The van der Waals surface area contributed by atoms with Crippen LogP contribution in [0.4, 0.5) is 22.0 Å². The van der Waals surface area contributed by atoms with Crippen molar-refractivity contribution in [3.63, 3.8) is 0 Å². The van der Waals surface area contributed by atoms with E-state index in [9.17, 15) is 22.0 Å². The monoisotopic (exact) mass is 300 g/mol. The summed E-state index contributed by atoms with van der Waals surface area (Å²) in [6.45, 7) is 3.49. The van der Waals surface area contributed by atoms with E-state index in [1.165, 1.54) is 18.2 Å². The third-order valence-electron chi connectivity index (χ3n) is 2.64. The van der Waals surface area contributed by atoms with Crippen LogP contribution in [0.2, 0.25) is 0 Å². The summed E-state index contributed by atoms with van der Waals surface area (Å²) in [5.74, 6) is -2.34. The number of alkyl halides is 3. The van der Waals surface area contributed by atoms with Crippen molar-refractivity contribution < 1.29 is 26.7 Å². The summed E-state index contributed by atoms with van der Waals surface area (Å²) in [5.41, 5.74) is 0.350. The summed E-state index contributed by atoms with van der Waals surface area (Å²) in [6.07, 6.45) is -3.51. The van der Waals surface area contributed by atoms with Gasteiger partial charge in [-0.15, -0.1) is 13.2 Å². The maximum Gasteiger partial charge on any atom is 0.573 e. The molecule has 0 aliphatic heterocycles. The van der Waals surface area contributed by atoms with Gasteiger partial charge in [-0.25, -0.2) is 8.78 Å². The van der Waals surface area contributed by atoms with Crippen LogP contribution >= 0.6 is 0 Å². The molecule has 0 N–H and O–H groups in total. The van der Waals surface area contributed by atoms with E-state index in [1.807, 2.05) is 0 Å². The highest BCUT2D eigenvalue weighted by Crippen LogP contribution is 2.35. The molecule has 0 aliphatic carbocycles. The molecule has 0 bridgehead atoms. The Labute approximate surface area is 117 Å². The molecule has 0 saturated heterocycles. The van der Waals surface area contributed by atoms with Crippen LogP contribution in [0.3, 0.4) is 0 Å². The van der Waals surface area contributed by atoms with E-state index in [0.717, 1.165) is 18.2 Å². The molecule has 0 radical (unpaired) electrons. The van der Waals surface area contributed by atoms with Crippen LogP contribution in [0.25, 0.3) is 17.2 Å². The second kappa shape index (κ2) is 5.55. The van der Waals surface area contributed by atoms with Crippen molar-refractivity contribution >= 4 is 6.08 Å². The summed E-state index contributed by atoms with van der Waals surface area (Å²) < 4.78 is 67.5. The summed E-state index contributed by atoms with van der Waals surface area (Å²) in [7, 11) is 0. The summed E-state index contributed by atoms with van der Waals surface area (Å²) >= 11 is 0. The molecule has 0 atom stereocenters. The predicted molar refractivity (Wildman–Crippen MR) is 68.6 cm³/mol. The van der Waals surface area contributed by atoms with Gasteiger partial charge in [-0.2, -0.15) is 0 Å². The highest BCUT2D eigenvalue weighted by Gasteiger charge is 2.32. The maximum atomic E-state index is 13.2. The van der Waals surface area contributed by atoms with Gasteiger partial charge >= 0.3 is 6.36 Å². The average molecular weight is 300 g/mol. The minimum absolute atomic E-state index is 0.0598. The van der Waals surface area contributed by atoms with E-state index in [-0.39, 0.29) is 11.1 Å². The average Bonchev–Trinajstić information content (AvgIpc) is 2.36. The van der Waals surface area contributed by atoms with E-state index in [4.69, 9.17) is 0 Å². The largest absolute Gasteiger partial charge is 0.573 e. The van der Waals surface area contributed by atoms with Crippen molar-refractivity contribution in [3.05, 3.63) is 60.2 Å². The lowest BCUT2D eigenvalue weighted by Gasteiger charge is -2.14. The van der Waals surface area contributed by atoms with Crippen LogP contribution in [-0.2, 0) is 0 Å². The van der Waals surface area contributed by atoms with Gasteiger partial charge in [-0.3, -0.25) is 0 Å². The molecular weight excluding hydrogens is 291 g/mol. The van der Waals surface area contributed by atoms with E-state index in [1.54, 1.807) is 0 Å². The van der Waals surface area contributed by atoms with Crippen LogP contribution in [0.15, 0.2) is 43.0 Å². The second-order valence-electron chi connectivity index (χ2n) is 4.17. The smallest absolute Gasteiger partial charge is 0.405 e. The van der Waals surface area contributed by atoms with Gasteiger partial charge < -0.3 is 4.74 Å². The Hall–Kier alpha value is -2.37. The van der Waals surface area contributed by atoms with E-state index in [0.29, 0.717) is 11.6 Å². The Balaban J connectivity index is 2.60. The standard InChI is InChI=1S/C15H9F5O/c1-2-9-3-4-14(21-15(18,19)20)13(5-9)10-6-11(16)8-12(17)7-10/h2-8H,1H2. The van der Waals surface area contributed by atoms with Gasteiger partial charge in [-0.05, 0) is 35.4 Å². The Morgan fingerprint density at radius 2 is 1.57 bits per heavy atom. The van der Waals surface area contributed by atoms with Gasteiger partial charge in [0.2, 0.25) is 0 Å². The zero-order valence-electron chi connectivity index (χ0n) is 10.5. The van der Waals surface area contributed by atoms with E-state index in [2.05, 4.69) is 11.3 Å². The first-order valence-electron chi connectivity index (χ1n) is 5.77. The van der Waals surface area contributed by atoms with Gasteiger partial charge in [0, 0.05) is 11.6 Å². The third-order valence-corrected chi connectivity index (χ3v) is 2.64. The predicted octanol–water partition coefficient (Wildman–Crippen LogP) is 5.17. The summed E-state index contributed by atoms with van der Waals surface area (Å²) in [6, 6.07) is 6.21. The van der Waals surface area contributed by atoms with Crippen LogP contribution in [0.5, 0.6) is 5.75 Å². The zero-order valence-corrected chi connectivity index (χ0v) is 10.5. The zero-order chi connectivity index (χ0) is 15.6. The second-order valence-corrected chi connectivity index (χ2v) is 4.17. The van der Waals surface area contributed by atoms with Gasteiger partial charge in [0.05, 0.1) is 0 Å². The molecule has 0 aromatic heterocycles. The lowest BCUT2D eigenvalue weighted by molar-refractivity contribution is -0.274. The number of rotatable bonds is 3. The fraction of sp³-hybridized carbons (Fsp3) is 0.0667. The molecule has 2 aromatic carbocycles. The third kappa shape index (κ3) is 3.81. The quantitative estimate of drug-likeness (QED) is 0.710. The van der Waals surface area contributed by atoms with Crippen LogP contribution in [0, 0.1) is 11.6 Å². The minimum Gasteiger partial charge on any atom is -0.405 e. The van der Waals surface area contributed by atoms with Crippen molar-refractivity contribution in [3.8, 4) is 16.9 Å². The van der Waals surface area contributed by atoms with Crippen LogP contribution < -0.4 is 4.74 Å². The van der Waals surface area contributed by atoms with Crippen molar-refractivity contribution in [2.75, 3.05) is 0 Å². The SMILES string of the molecule is C=Cc1ccc(OC(F)(F)F)c(-c2cc(F)cc(F)c2)c1. The molecular formula is C15H9F5O. The molecule has 0 amide bonds. The fourth-order valence-corrected chi connectivity index (χ4v) is 1.82. The number of halogens is 5. The Kier molecular flexibility index (Phi) is 3.97. The van der Waals surface area contributed by atoms with Crippen molar-refractivity contribution in [2.24, 2.45) is 0 Å². The van der Waals surface area contributed by atoms with Gasteiger partial charge in [0.1, 0.15) is 17.4 Å². The number of hydrogen-bond donors (Lipinski definition) is 0. The molecule has 0 aliphatic rings. The minimum atomic E-state index is -4.91. The molecule has 2 rings (SSSR count). The first-order chi connectivity index (χ1) is 9.78. The van der Waals surface area contributed by atoms with Crippen molar-refractivity contribution in [1.29, 1.82) is 0 Å². The van der Waals surface area contributed by atoms with E-state index < -0.39 is 23.7 Å². The van der Waals surface area contributed by atoms with Gasteiger partial charge in [0.15, 0.2) is 0 Å². The Morgan fingerprint density at radius 3 is 2.10 bits per heavy atom. The fourth-order valence-electron chi connectivity index (χ4n) is 1.82. The molecule has 0 fully saturated rings. The molecule has 2 aromatic rings. The van der Waals surface area contributed by atoms with Crippen LogP contribution in [-0.4, -0.2) is 6.36 Å². The highest BCUT2D eigenvalue weighted by molar-refractivity contribution is 5.73. The maximum absolute atomic E-state index is 13.2. The number of hydrogen-bond acceptors (Lipinski definition) is 1. The first kappa shape index (κ1) is 15.0. The lowest BCUT2D eigenvalue weighted by Crippen LogP contribution is -2.17. The molecule has 0 saturated carbocycles. The molecule has 1 nitrogen and oxygen atoms in total. The molecule has 0 spiro atoms. The topological polar surface area (TPSA) is 9.23 Å². The highest BCUT2D eigenvalue weighted by atomic mass is 19.4. The molecule has 110 valence electrons. The van der Waals surface area contributed by atoms with Crippen LogP contribution in [0.1, 0.15) is 5.56 Å². The number of benzene rings is 2. The Bertz CT molecular complexity index is 656. The normalized spacial score (nSPS) is 11.3. The molecule has 21 heavy (non-hydrogen) atoms. The molecule has 0 heterocycles. The number of ether oxygens (including phenoxy) is 1.